The maximum Gasteiger partial charge on any atom is 0.245 e. The third kappa shape index (κ3) is 5.48. The van der Waals surface area contributed by atoms with Crippen LogP contribution in [0.25, 0.3) is 11.2 Å². The van der Waals surface area contributed by atoms with E-state index in [2.05, 4.69) is 25.8 Å². The molecule has 13 heteroatoms. The number of nitrogens with one attached hydrogen (secondary N) is 3. The van der Waals surface area contributed by atoms with Crippen molar-refractivity contribution < 1.29 is 19.3 Å². The van der Waals surface area contributed by atoms with E-state index in [9.17, 15) is 5.11 Å². The summed E-state index contributed by atoms with van der Waals surface area (Å²) < 4.78 is 20.3. The molecule has 214 valence electrons. The van der Waals surface area contributed by atoms with Crippen LogP contribution in [0.15, 0.2) is 36.8 Å². The summed E-state index contributed by atoms with van der Waals surface area (Å²) in [6.07, 6.45) is 5.47. The molecule has 0 radical (unpaired) electrons. The largest absolute Gasteiger partial charge is 0.493 e. The van der Waals surface area contributed by atoms with Gasteiger partial charge >= 0.3 is 0 Å². The van der Waals surface area contributed by atoms with E-state index in [1.807, 2.05) is 46.6 Å². The van der Waals surface area contributed by atoms with Gasteiger partial charge in [0.2, 0.25) is 11.7 Å². The van der Waals surface area contributed by atoms with Gasteiger partial charge in [-0.1, -0.05) is 0 Å². The number of aliphatic hydroxyl groups is 1. The number of fused-ring (bicyclic) bond motifs is 1. The Morgan fingerprint density at radius 2 is 1.88 bits per heavy atom. The first-order valence-corrected chi connectivity index (χ1v) is 13.3. The quantitative estimate of drug-likeness (QED) is 0.182. The number of benzene rings is 1. The Morgan fingerprint density at radius 1 is 1.07 bits per heavy atom. The highest BCUT2D eigenvalue weighted by atomic mass is 16.5. The molecule has 13 nitrogen and oxygen atoms in total. The molecule has 40 heavy (non-hydrogen) atoms. The molecule has 0 bridgehead atoms. The molecule has 4 N–H and O–H groups in total. The summed E-state index contributed by atoms with van der Waals surface area (Å²) in [7, 11) is 6.68. The standard InChI is InChI=1S/C27H37N9O4/c1-28-9-10-29-14-18-7-8-21-26(32-27(33-36(18)21)35-11-5-6-19(35)16-37)31-24-15-34(17-30-24)20-12-22(38-2)25(40-4)23(13-20)39-3/h7-8,12-13,15,17,19,28-29,37H,5-6,9-11,14,16H2,1-4H3,(H,31,32,33)/t19-/m0/s1. The number of imidazole rings is 1. The first kappa shape index (κ1) is 27.5. The third-order valence-corrected chi connectivity index (χ3v) is 7.06. The molecule has 0 unspecified atom stereocenters. The Kier molecular flexibility index (Phi) is 8.53. The van der Waals surface area contributed by atoms with Crippen LogP contribution in [-0.4, -0.2) is 89.9 Å². The van der Waals surface area contributed by atoms with Gasteiger partial charge in [-0.05, 0) is 32.0 Å². The Morgan fingerprint density at radius 3 is 2.58 bits per heavy atom. The van der Waals surface area contributed by atoms with Gasteiger partial charge in [0.25, 0.3) is 0 Å². The summed E-state index contributed by atoms with van der Waals surface area (Å²) in [5, 5.41) is 24.8. The highest BCUT2D eigenvalue weighted by Crippen LogP contribution is 2.39. The van der Waals surface area contributed by atoms with Crippen molar-refractivity contribution in [1.82, 2.24) is 34.8 Å². The molecule has 1 atom stereocenters. The molecule has 5 rings (SSSR count). The lowest BCUT2D eigenvalue weighted by Crippen LogP contribution is -2.34. The number of ether oxygens (including phenoxy) is 3. The van der Waals surface area contributed by atoms with Crippen molar-refractivity contribution in [3.8, 4) is 22.9 Å². The van der Waals surface area contributed by atoms with Crippen LogP contribution in [0.3, 0.4) is 0 Å². The lowest BCUT2D eigenvalue weighted by atomic mass is 10.2. The van der Waals surface area contributed by atoms with Crippen molar-refractivity contribution in [1.29, 1.82) is 0 Å². The smallest absolute Gasteiger partial charge is 0.245 e. The van der Waals surface area contributed by atoms with E-state index in [1.54, 1.807) is 27.7 Å². The van der Waals surface area contributed by atoms with Gasteiger partial charge in [0, 0.05) is 38.3 Å². The van der Waals surface area contributed by atoms with Crippen LogP contribution in [-0.2, 0) is 6.54 Å². The molecular formula is C27H37N9O4. The summed E-state index contributed by atoms with van der Waals surface area (Å²) in [4.78, 5) is 11.6. The minimum atomic E-state index is -0.00249. The Balaban J connectivity index is 1.48. The molecule has 1 fully saturated rings. The van der Waals surface area contributed by atoms with E-state index < -0.39 is 0 Å². The Hall–Kier alpha value is -4.07. The zero-order valence-corrected chi connectivity index (χ0v) is 23.3. The van der Waals surface area contributed by atoms with Gasteiger partial charge in [-0.2, -0.15) is 4.98 Å². The van der Waals surface area contributed by atoms with Crippen molar-refractivity contribution in [2.75, 3.05) is 64.8 Å². The number of likely N-dealkylation sites (N-methyl/N-ethyl adjacent to an activating group) is 1. The Bertz CT molecular complexity index is 1410. The molecule has 3 aromatic heterocycles. The van der Waals surface area contributed by atoms with Gasteiger partial charge in [0.05, 0.1) is 51.6 Å². The van der Waals surface area contributed by atoms with Gasteiger partial charge in [-0.3, -0.25) is 0 Å². The summed E-state index contributed by atoms with van der Waals surface area (Å²) in [5.74, 6) is 3.44. The number of methoxy groups -OCH3 is 3. The molecule has 0 aliphatic carbocycles. The summed E-state index contributed by atoms with van der Waals surface area (Å²) in [6, 6.07) is 7.77. The first-order valence-electron chi connectivity index (χ1n) is 13.3. The van der Waals surface area contributed by atoms with Crippen LogP contribution >= 0.6 is 0 Å². The number of nitrogens with zero attached hydrogens (tertiary/aromatic N) is 6. The number of rotatable bonds is 13. The molecule has 1 aromatic carbocycles. The summed E-state index contributed by atoms with van der Waals surface area (Å²) in [5.41, 5.74) is 2.64. The van der Waals surface area contributed by atoms with Crippen LogP contribution in [0.1, 0.15) is 18.5 Å². The highest BCUT2D eigenvalue weighted by molar-refractivity contribution is 5.74. The molecule has 0 spiro atoms. The molecule has 1 aliphatic rings. The van der Waals surface area contributed by atoms with Crippen LogP contribution in [0.5, 0.6) is 17.2 Å². The fourth-order valence-electron chi connectivity index (χ4n) is 4.97. The predicted octanol–water partition coefficient (Wildman–Crippen LogP) is 1.95. The fourth-order valence-corrected chi connectivity index (χ4v) is 4.97. The molecule has 1 saturated heterocycles. The number of anilines is 3. The number of aromatic nitrogens is 5. The SMILES string of the molecule is CNCCNCc1ccc2c(Nc3cn(-c4cc(OC)c(OC)c(OC)c4)cn3)nc(N3CCC[C@H]3CO)nn12. The summed E-state index contributed by atoms with van der Waals surface area (Å²) in [6.45, 7) is 3.22. The Labute approximate surface area is 233 Å². The van der Waals surface area contributed by atoms with E-state index in [-0.39, 0.29) is 12.6 Å². The average Bonchev–Trinajstić information content (AvgIpc) is 3.74. The molecular weight excluding hydrogens is 514 g/mol. The van der Waals surface area contributed by atoms with Gasteiger partial charge in [-0.15, -0.1) is 5.10 Å². The maximum atomic E-state index is 9.94. The second kappa shape index (κ2) is 12.4. The zero-order valence-electron chi connectivity index (χ0n) is 23.3. The van der Waals surface area contributed by atoms with Gasteiger partial charge in [0.1, 0.15) is 17.7 Å². The topological polar surface area (TPSA) is 135 Å². The first-order chi connectivity index (χ1) is 19.6. The van der Waals surface area contributed by atoms with E-state index >= 15 is 0 Å². The van der Waals surface area contributed by atoms with Crippen molar-refractivity contribution >= 4 is 23.1 Å². The second-order valence-electron chi connectivity index (χ2n) is 9.51. The minimum absolute atomic E-state index is 0.00249. The average molecular weight is 552 g/mol. The van der Waals surface area contributed by atoms with Crippen LogP contribution in [0, 0.1) is 0 Å². The molecule has 4 aromatic rings. The highest BCUT2D eigenvalue weighted by Gasteiger charge is 2.27. The van der Waals surface area contributed by atoms with Gasteiger partial charge in [0.15, 0.2) is 17.3 Å². The van der Waals surface area contributed by atoms with E-state index in [0.717, 1.165) is 49.4 Å². The van der Waals surface area contributed by atoms with Crippen molar-refractivity contribution in [3.05, 3.63) is 42.5 Å². The van der Waals surface area contributed by atoms with Crippen molar-refractivity contribution in [3.63, 3.8) is 0 Å². The second-order valence-corrected chi connectivity index (χ2v) is 9.51. The van der Waals surface area contributed by atoms with Crippen LogP contribution in [0.2, 0.25) is 0 Å². The van der Waals surface area contributed by atoms with Gasteiger partial charge < -0.3 is 44.7 Å². The fraction of sp³-hybridized carbons (Fsp3) is 0.444. The van der Waals surface area contributed by atoms with Crippen molar-refractivity contribution in [2.24, 2.45) is 0 Å². The normalized spacial score (nSPS) is 15.1. The monoisotopic (exact) mass is 551 g/mol. The van der Waals surface area contributed by atoms with Gasteiger partial charge in [-0.25, -0.2) is 9.50 Å². The minimum Gasteiger partial charge on any atom is -0.493 e. The molecule has 0 saturated carbocycles. The third-order valence-electron chi connectivity index (χ3n) is 7.06. The van der Waals surface area contributed by atoms with Crippen LogP contribution in [0.4, 0.5) is 17.6 Å². The predicted molar refractivity (Wildman–Crippen MR) is 153 cm³/mol. The maximum absolute atomic E-state index is 9.94. The van der Waals surface area contributed by atoms with E-state index in [4.69, 9.17) is 24.3 Å². The zero-order chi connectivity index (χ0) is 28.1. The number of hydrogen-bond donors (Lipinski definition) is 4. The summed E-state index contributed by atoms with van der Waals surface area (Å²) >= 11 is 0. The lowest BCUT2D eigenvalue weighted by molar-refractivity contribution is 0.265. The lowest BCUT2D eigenvalue weighted by Gasteiger charge is -2.23. The van der Waals surface area contributed by atoms with Crippen molar-refractivity contribution in [2.45, 2.75) is 25.4 Å². The van der Waals surface area contributed by atoms with E-state index in [1.165, 1.54) is 0 Å². The van der Waals surface area contributed by atoms with Crippen LogP contribution < -0.4 is 35.1 Å². The molecule has 1 aliphatic heterocycles. The number of hydrogen-bond acceptors (Lipinski definition) is 11. The molecule has 4 heterocycles. The van der Waals surface area contributed by atoms with E-state index in [0.29, 0.717) is 41.4 Å². The molecule has 0 amide bonds. The number of aliphatic hydroxyl groups excluding tert-OH is 1.